The summed E-state index contributed by atoms with van der Waals surface area (Å²) in [7, 11) is 4.55. The van der Waals surface area contributed by atoms with Gasteiger partial charge in [0.1, 0.15) is 0 Å². The lowest BCUT2D eigenvalue weighted by Gasteiger charge is -2.50. The maximum absolute atomic E-state index is 6.23. The molecule has 3 nitrogen and oxygen atoms in total. The van der Waals surface area contributed by atoms with E-state index in [0.717, 1.165) is 25.2 Å². The van der Waals surface area contributed by atoms with Crippen molar-refractivity contribution in [2.45, 2.75) is 49.9 Å². The summed E-state index contributed by atoms with van der Waals surface area (Å²) in [6, 6.07) is 12.2. The Morgan fingerprint density at radius 2 is 1.80 bits per heavy atom. The lowest BCUT2D eigenvalue weighted by atomic mass is 9.81. The van der Waals surface area contributed by atoms with E-state index in [1.807, 2.05) is 0 Å². The van der Waals surface area contributed by atoms with Gasteiger partial charge in [0.05, 0.1) is 0 Å². The van der Waals surface area contributed by atoms with Gasteiger partial charge in [-0.2, -0.15) is 0 Å². The van der Waals surface area contributed by atoms with Crippen molar-refractivity contribution in [3.8, 4) is 0 Å². The molecule has 0 spiro atoms. The topological polar surface area (TPSA) is 32.5 Å². The third-order valence-electron chi connectivity index (χ3n) is 5.67. The van der Waals surface area contributed by atoms with Crippen LogP contribution in [0.25, 0.3) is 0 Å². The minimum atomic E-state index is 0.189. The molecule has 3 rings (SSSR count). The first-order valence-electron chi connectivity index (χ1n) is 7.82. The summed E-state index contributed by atoms with van der Waals surface area (Å²) < 4.78 is 0. The Balaban J connectivity index is 1.76. The molecule has 2 bridgehead atoms. The number of nitrogens with zero attached hydrogens (tertiary/aromatic N) is 2. The molecule has 0 saturated carbocycles. The number of fused-ring (bicyclic) bond motifs is 2. The van der Waals surface area contributed by atoms with Crippen LogP contribution < -0.4 is 5.73 Å². The van der Waals surface area contributed by atoms with Crippen molar-refractivity contribution in [2.75, 3.05) is 20.6 Å². The third kappa shape index (κ3) is 2.39. The zero-order valence-electron chi connectivity index (χ0n) is 12.8. The Hall–Kier alpha value is -0.900. The van der Waals surface area contributed by atoms with Crippen LogP contribution in [0.1, 0.15) is 31.2 Å². The summed E-state index contributed by atoms with van der Waals surface area (Å²) in [4.78, 5) is 5.10. The third-order valence-corrected chi connectivity index (χ3v) is 5.67. The van der Waals surface area contributed by atoms with E-state index in [9.17, 15) is 0 Å². The van der Waals surface area contributed by atoms with Crippen molar-refractivity contribution in [1.29, 1.82) is 0 Å². The van der Waals surface area contributed by atoms with Crippen LogP contribution in [0.15, 0.2) is 30.3 Å². The van der Waals surface area contributed by atoms with Crippen LogP contribution in [0.5, 0.6) is 0 Å². The summed E-state index contributed by atoms with van der Waals surface area (Å²) in [6.07, 6.45) is 5.14. The average molecular weight is 273 g/mol. The van der Waals surface area contributed by atoms with Crippen molar-refractivity contribution in [2.24, 2.45) is 5.73 Å². The largest absolute Gasteiger partial charge is 0.329 e. The van der Waals surface area contributed by atoms with Gasteiger partial charge >= 0.3 is 0 Å². The number of piperidine rings is 1. The number of hydrogen-bond acceptors (Lipinski definition) is 3. The molecule has 0 aliphatic carbocycles. The lowest BCUT2D eigenvalue weighted by Crippen LogP contribution is -2.60. The summed E-state index contributed by atoms with van der Waals surface area (Å²) in [5.41, 5.74) is 7.80. The van der Waals surface area contributed by atoms with Crippen molar-refractivity contribution in [3.63, 3.8) is 0 Å². The van der Waals surface area contributed by atoms with Crippen LogP contribution in [-0.4, -0.2) is 48.1 Å². The van der Waals surface area contributed by atoms with Gasteiger partial charge in [0.25, 0.3) is 0 Å². The van der Waals surface area contributed by atoms with Crippen LogP contribution >= 0.6 is 0 Å². The molecule has 1 aromatic carbocycles. The molecule has 2 unspecified atom stereocenters. The fourth-order valence-corrected chi connectivity index (χ4v) is 4.20. The second kappa shape index (κ2) is 5.47. The van der Waals surface area contributed by atoms with Gasteiger partial charge in [-0.3, -0.25) is 4.90 Å². The van der Waals surface area contributed by atoms with Crippen LogP contribution in [-0.2, 0) is 6.54 Å². The number of nitrogens with two attached hydrogens (primary N) is 1. The predicted molar refractivity (Wildman–Crippen MR) is 83.5 cm³/mol. The Morgan fingerprint density at radius 1 is 1.20 bits per heavy atom. The maximum Gasteiger partial charge on any atom is 0.0361 e. The molecule has 0 aromatic heterocycles. The highest BCUT2D eigenvalue weighted by atomic mass is 15.3. The quantitative estimate of drug-likeness (QED) is 0.911. The molecule has 2 aliphatic heterocycles. The molecular formula is C17H27N3. The van der Waals surface area contributed by atoms with Gasteiger partial charge in [0.15, 0.2) is 0 Å². The monoisotopic (exact) mass is 273 g/mol. The highest BCUT2D eigenvalue weighted by molar-refractivity contribution is 5.16. The second-order valence-corrected chi connectivity index (χ2v) is 6.73. The number of rotatable bonds is 4. The number of likely N-dealkylation sites (N-methyl/N-ethyl adjacent to an activating group) is 1. The molecule has 2 fully saturated rings. The van der Waals surface area contributed by atoms with Crippen molar-refractivity contribution < 1.29 is 0 Å². The average Bonchev–Trinajstić information content (AvgIpc) is 2.70. The van der Waals surface area contributed by atoms with E-state index in [1.165, 1.54) is 31.2 Å². The molecular weight excluding hydrogens is 246 g/mol. The first kappa shape index (κ1) is 14.1. The van der Waals surface area contributed by atoms with Crippen LogP contribution in [0.2, 0.25) is 0 Å². The Bertz CT molecular complexity index is 431. The molecule has 3 heteroatoms. The molecule has 2 N–H and O–H groups in total. The van der Waals surface area contributed by atoms with Gasteiger partial charge in [-0.15, -0.1) is 0 Å². The van der Waals surface area contributed by atoms with Crippen LogP contribution in [0, 0.1) is 0 Å². The molecule has 2 atom stereocenters. The fourth-order valence-electron chi connectivity index (χ4n) is 4.20. The molecule has 1 aromatic rings. The summed E-state index contributed by atoms with van der Waals surface area (Å²) in [5.74, 6) is 0. The van der Waals surface area contributed by atoms with Gasteiger partial charge in [0.2, 0.25) is 0 Å². The van der Waals surface area contributed by atoms with Gasteiger partial charge in [-0.25, -0.2) is 0 Å². The minimum Gasteiger partial charge on any atom is -0.329 e. The van der Waals surface area contributed by atoms with E-state index in [1.54, 1.807) is 0 Å². The smallest absolute Gasteiger partial charge is 0.0361 e. The zero-order valence-corrected chi connectivity index (χ0v) is 12.8. The standard InChI is InChI=1S/C17H27N3/c1-19(12-14-6-4-3-5-7-14)17(13-18)10-15-8-9-16(11-17)20(15)2/h3-7,15-16H,8-13,18H2,1-2H3. The Kier molecular flexibility index (Phi) is 3.85. The van der Waals surface area contributed by atoms with Crippen LogP contribution in [0.3, 0.4) is 0 Å². The van der Waals surface area contributed by atoms with E-state index in [0.29, 0.717) is 0 Å². The SMILES string of the molecule is CN1C2CCC1CC(CN)(N(C)Cc1ccccc1)C2. The predicted octanol–water partition coefficient (Wildman–Crippen LogP) is 2.07. The Morgan fingerprint density at radius 3 is 2.35 bits per heavy atom. The summed E-state index contributed by atoms with van der Waals surface area (Å²) in [6.45, 7) is 1.78. The molecule has 0 radical (unpaired) electrons. The second-order valence-electron chi connectivity index (χ2n) is 6.73. The number of hydrogen-bond donors (Lipinski definition) is 1. The molecule has 2 aliphatic rings. The lowest BCUT2D eigenvalue weighted by molar-refractivity contribution is 0.0118. The molecule has 110 valence electrons. The van der Waals surface area contributed by atoms with Crippen LogP contribution in [0.4, 0.5) is 0 Å². The van der Waals surface area contributed by atoms with Gasteiger partial charge in [-0.05, 0) is 45.3 Å². The highest BCUT2D eigenvalue weighted by Gasteiger charge is 2.47. The first-order valence-corrected chi connectivity index (χ1v) is 7.82. The molecule has 0 amide bonds. The van der Waals surface area contributed by atoms with E-state index in [2.05, 4.69) is 54.2 Å². The van der Waals surface area contributed by atoms with Gasteiger partial charge in [-0.1, -0.05) is 30.3 Å². The minimum absolute atomic E-state index is 0.189. The highest BCUT2D eigenvalue weighted by Crippen LogP contribution is 2.42. The summed E-state index contributed by atoms with van der Waals surface area (Å²) in [5, 5.41) is 0. The van der Waals surface area contributed by atoms with Crippen molar-refractivity contribution >= 4 is 0 Å². The molecule has 20 heavy (non-hydrogen) atoms. The van der Waals surface area contributed by atoms with Gasteiger partial charge < -0.3 is 10.6 Å². The Labute approximate surface area is 122 Å². The molecule has 2 heterocycles. The van der Waals surface area contributed by atoms with Crippen molar-refractivity contribution in [1.82, 2.24) is 9.80 Å². The van der Waals surface area contributed by atoms with E-state index in [-0.39, 0.29) is 5.54 Å². The summed E-state index contributed by atoms with van der Waals surface area (Å²) >= 11 is 0. The molecule has 2 saturated heterocycles. The normalized spacial score (nSPS) is 33.8. The van der Waals surface area contributed by atoms with Gasteiger partial charge in [0, 0.05) is 30.7 Å². The van der Waals surface area contributed by atoms with E-state index in [4.69, 9.17) is 5.73 Å². The van der Waals surface area contributed by atoms with Crippen molar-refractivity contribution in [3.05, 3.63) is 35.9 Å². The zero-order chi connectivity index (χ0) is 14.2. The van der Waals surface area contributed by atoms with E-state index >= 15 is 0 Å². The fraction of sp³-hybridized carbons (Fsp3) is 0.647. The van der Waals surface area contributed by atoms with E-state index < -0.39 is 0 Å². The number of benzene rings is 1. The maximum atomic E-state index is 6.23. The first-order chi connectivity index (χ1) is 9.64.